The zero-order valence-electron chi connectivity index (χ0n) is 37.5. The minimum Gasteiger partial charge on any atom is -0.309 e. The molecule has 0 N–H and O–H groups in total. The molecule has 69 heavy (non-hydrogen) atoms. The third-order valence-corrected chi connectivity index (χ3v) is 14.4. The monoisotopic (exact) mass is 878 g/mol. The number of nitrogens with zero attached hydrogens (tertiary/aromatic N) is 4. The Labute approximate surface area is 399 Å². The van der Waals surface area contributed by atoms with Crippen molar-refractivity contribution in [2.45, 2.75) is 5.41 Å². The molecule has 13 aromatic rings. The van der Waals surface area contributed by atoms with Gasteiger partial charge in [-0.2, -0.15) is 0 Å². The Morgan fingerprint density at radius 3 is 1.38 bits per heavy atom. The maximum Gasteiger partial charge on any atom is 0.162 e. The molecule has 14 rings (SSSR count). The van der Waals surface area contributed by atoms with Crippen LogP contribution in [0.2, 0.25) is 0 Å². The minimum atomic E-state index is -0.443. The van der Waals surface area contributed by atoms with E-state index in [1.54, 1.807) is 0 Å². The Hall–Kier alpha value is -9.12. The summed E-state index contributed by atoms with van der Waals surface area (Å²) in [6.07, 6.45) is 0. The summed E-state index contributed by atoms with van der Waals surface area (Å²) in [6, 6.07) is 92.3. The number of hydrogen-bond acceptors (Lipinski definition) is 2. The van der Waals surface area contributed by atoms with Gasteiger partial charge in [-0.25, -0.2) is 9.97 Å². The Kier molecular flexibility index (Phi) is 8.77. The highest BCUT2D eigenvalue weighted by molar-refractivity contribution is 6.12. The molecule has 0 spiro atoms. The summed E-state index contributed by atoms with van der Waals surface area (Å²) < 4.78 is 4.72. The van der Waals surface area contributed by atoms with E-state index in [1.807, 2.05) is 24.3 Å². The van der Waals surface area contributed by atoms with E-state index in [1.165, 1.54) is 71.5 Å². The summed E-state index contributed by atoms with van der Waals surface area (Å²) in [5.41, 5.74) is 18.2. The molecule has 10 aromatic carbocycles. The molecule has 1 aliphatic carbocycles. The average Bonchev–Trinajstić information content (AvgIpc) is 4.05. The second-order valence-corrected chi connectivity index (χ2v) is 18.1. The summed E-state index contributed by atoms with van der Waals surface area (Å²) in [5, 5.41) is 4.79. The van der Waals surface area contributed by atoms with Gasteiger partial charge >= 0.3 is 0 Å². The molecule has 3 heterocycles. The number of fused-ring (bicyclic) bond motifs is 9. The molecule has 0 atom stereocenters. The minimum absolute atomic E-state index is 0.443. The van der Waals surface area contributed by atoms with Crippen LogP contribution in [0.25, 0.3) is 100 Å². The standard InChI is InChI=1S/C65H42N4/c1-4-18-43(19-5-1)58-42-63(67-64(66-58)44-20-6-2-7-21-44)69-60-31-17-13-27-53(60)55-41-46(33-39-62(55)69)45-32-38-61-54(40-45)52-26-12-16-30-59(52)68(61)49-36-34-48(35-37-49)65(47-22-8-3-9-23-47)56-28-14-10-24-50(56)51-25-11-15-29-57(51)65/h1-42H. The summed E-state index contributed by atoms with van der Waals surface area (Å²) in [6.45, 7) is 0. The largest absolute Gasteiger partial charge is 0.309 e. The van der Waals surface area contributed by atoms with Crippen LogP contribution in [-0.4, -0.2) is 19.1 Å². The molecular formula is C65H42N4. The zero-order chi connectivity index (χ0) is 45.5. The first kappa shape index (κ1) is 39.1. The molecule has 0 aliphatic heterocycles. The number of para-hydroxylation sites is 2. The van der Waals surface area contributed by atoms with Crippen LogP contribution in [0.4, 0.5) is 0 Å². The molecular weight excluding hydrogens is 837 g/mol. The van der Waals surface area contributed by atoms with Crippen LogP contribution in [0.15, 0.2) is 255 Å². The maximum absolute atomic E-state index is 5.25. The fourth-order valence-electron chi connectivity index (χ4n) is 11.4. The average molecular weight is 879 g/mol. The first-order valence-electron chi connectivity index (χ1n) is 23.7. The second-order valence-electron chi connectivity index (χ2n) is 18.1. The van der Waals surface area contributed by atoms with Gasteiger partial charge in [-0.1, -0.05) is 200 Å². The van der Waals surface area contributed by atoms with Crippen molar-refractivity contribution >= 4 is 43.6 Å². The summed E-state index contributed by atoms with van der Waals surface area (Å²) >= 11 is 0. The van der Waals surface area contributed by atoms with Gasteiger partial charge in [0.15, 0.2) is 5.82 Å². The van der Waals surface area contributed by atoms with Gasteiger partial charge in [0.25, 0.3) is 0 Å². The van der Waals surface area contributed by atoms with Crippen molar-refractivity contribution in [3.8, 4) is 56.4 Å². The van der Waals surface area contributed by atoms with Crippen molar-refractivity contribution in [2.75, 3.05) is 0 Å². The Bertz CT molecular complexity index is 4010. The maximum atomic E-state index is 5.25. The topological polar surface area (TPSA) is 35.6 Å². The lowest BCUT2D eigenvalue weighted by Crippen LogP contribution is -2.28. The van der Waals surface area contributed by atoms with Crippen molar-refractivity contribution in [3.05, 3.63) is 277 Å². The molecule has 0 radical (unpaired) electrons. The Balaban J connectivity index is 0.895. The normalized spacial score (nSPS) is 12.8. The van der Waals surface area contributed by atoms with Gasteiger partial charge in [-0.3, -0.25) is 4.57 Å². The van der Waals surface area contributed by atoms with E-state index in [4.69, 9.17) is 9.97 Å². The number of rotatable bonds is 7. The number of hydrogen-bond donors (Lipinski definition) is 0. The van der Waals surface area contributed by atoms with E-state index in [0.717, 1.165) is 44.9 Å². The number of aromatic nitrogens is 4. The van der Waals surface area contributed by atoms with Crippen molar-refractivity contribution in [1.29, 1.82) is 0 Å². The van der Waals surface area contributed by atoms with E-state index in [0.29, 0.717) is 5.82 Å². The van der Waals surface area contributed by atoms with E-state index in [9.17, 15) is 0 Å². The van der Waals surface area contributed by atoms with Crippen molar-refractivity contribution < 1.29 is 0 Å². The van der Waals surface area contributed by atoms with E-state index in [-0.39, 0.29) is 0 Å². The second kappa shape index (κ2) is 15.5. The van der Waals surface area contributed by atoms with Crippen molar-refractivity contribution in [1.82, 2.24) is 19.1 Å². The smallest absolute Gasteiger partial charge is 0.162 e. The molecule has 1 aliphatic rings. The van der Waals surface area contributed by atoms with Crippen LogP contribution in [0.3, 0.4) is 0 Å². The van der Waals surface area contributed by atoms with Gasteiger partial charge in [0.2, 0.25) is 0 Å². The fraction of sp³-hybridized carbons (Fsp3) is 0.0154. The van der Waals surface area contributed by atoms with Gasteiger partial charge in [-0.05, 0) is 93.0 Å². The quantitative estimate of drug-likeness (QED) is 0.160. The molecule has 0 amide bonds. The lowest BCUT2D eigenvalue weighted by Gasteiger charge is -2.34. The fourth-order valence-corrected chi connectivity index (χ4v) is 11.4. The van der Waals surface area contributed by atoms with Crippen LogP contribution < -0.4 is 0 Å². The molecule has 0 bridgehead atoms. The SMILES string of the molecule is c1ccc(-c2cc(-n3c4ccccc4c4cc(-c5ccc6c(c5)c5ccccc5n6-c5ccc(C6(c7ccccc7)c7ccccc7-c7ccccc76)cc5)ccc43)nc(-c3ccccc3)n2)cc1. The molecule has 4 nitrogen and oxygen atoms in total. The van der Waals surface area contributed by atoms with Gasteiger partial charge in [0, 0.05) is 44.4 Å². The summed E-state index contributed by atoms with van der Waals surface area (Å²) in [7, 11) is 0. The lowest BCUT2D eigenvalue weighted by molar-refractivity contribution is 0.768. The summed E-state index contributed by atoms with van der Waals surface area (Å²) in [4.78, 5) is 10.3. The highest BCUT2D eigenvalue weighted by Gasteiger charge is 2.45. The first-order valence-corrected chi connectivity index (χ1v) is 23.7. The lowest BCUT2D eigenvalue weighted by atomic mass is 9.68. The predicted octanol–water partition coefficient (Wildman–Crippen LogP) is 16.0. The van der Waals surface area contributed by atoms with Crippen LogP contribution >= 0.6 is 0 Å². The molecule has 3 aromatic heterocycles. The molecule has 322 valence electrons. The third kappa shape index (κ3) is 5.95. The first-order chi connectivity index (χ1) is 34.2. The van der Waals surface area contributed by atoms with Gasteiger partial charge in [-0.15, -0.1) is 0 Å². The van der Waals surface area contributed by atoms with E-state index in [2.05, 4.69) is 240 Å². The summed E-state index contributed by atoms with van der Waals surface area (Å²) in [5.74, 6) is 1.52. The van der Waals surface area contributed by atoms with Gasteiger partial charge in [0.1, 0.15) is 5.82 Å². The van der Waals surface area contributed by atoms with Gasteiger partial charge in [0.05, 0.1) is 33.2 Å². The molecule has 4 heteroatoms. The van der Waals surface area contributed by atoms with E-state index < -0.39 is 5.41 Å². The van der Waals surface area contributed by atoms with Crippen molar-refractivity contribution in [3.63, 3.8) is 0 Å². The van der Waals surface area contributed by atoms with Crippen LogP contribution in [-0.2, 0) is 5.41 Å². The number of benzene rings is 10. The van der Waals surface area contributed by atoms with Crippen LogP contribution in [0.5, 0.6) is 0 Å². The highest BCUT2D eigenvalue weighted by Crippen LogP contribution is 2.56. The Morgan fingerprint density at radius 2 is 0.768 bits per heavy atom. The molecule has 0 saturated heterocycles. The third-order valence-electron chi connectivity index (χ3n) is 14.4. The predicted molar refractivity (Wildman–Crippen MR) is 284 cm³/mol. The van der Waals surface area contributed by atoms with Gasteiger partial charge < -0.3 is 4.57 Å². The van der Waals surface area contributed by atoms with Crippen LogP contribution in [0.1, 0.15) is 22.3 Å². The zero-order valence-corrected chi connectivity index (χ0v) is 37.5. The van der Waals surface area contributed by atoms with E-state index >= 15 is 0 Å². The molecule has 0 fully saturated rings. The molecule has 0 saturated carbocycles. The van der Waals surface area contributed by atoms with Crippen LogP contribution in [0, 0.1) is 0 Å². The molecule has 0 unspecified atom stereocenters. The van der Waals surface area contributed by atoms with Crippen molar-refractivity contribution in [2.24, 2.45) is 0 Å². The highest BCUT2D eigenvalue weighted by atomic mass is 15.1. The Morgan fingerprint density at radius 1 is 0.304 bits per heavy atom.